The lowest BCUT2D eigenvalue weighted by Gasteiger charge is -2.22. The number of carbonyl (C=O) groups is 2. The fourth-order valence-corrected chi connectivity index (χ4v) is 7.81. The van der Waals surface area contributed by atoms with Crippen LogP contribution >= 0.6 is 0 Å². The number of aryl methyl sites for hydroxylation is 1. The van der Waals surface area contributed by atoms with E-state index in [2.05, 4.69) is 30.7 Å². The predicted molar refractivity (Wildman–Crippen MR) is 244 cm³/mol. The van der Waals surface area contributed by atoms with Crippen LogP contribution in [0.5, 0.6) is 0 Å². The second-order valence-electron chi connectivity index (χ2n) is 17.1. The van der Waals surface area contributed by atoms with Crippen LogP contribution in [0.2, 0.25) is 0 Å². The summed E-state index contributed by atoms with van der Waals surface area (Å²) < 4.78 is 13.2. The molecule has 0 saturated heterocycles. The summed E-state index contributed by atoms with van der Waals surface area (Å²) in [6.45, 7) is 11.0. The minimum Gasteiger partial charge on any atom is -0.466 e. The molecule has 0 atom stereocenters. The number of hydrogen-bond donors (Lipinski definition) is 1. The van der Waals surface area contributed by atoms with Crippen LogP contribution in [0.15, 0.2) is 17.1 Å². The lowest BCUT2D eigenvalue weighted by atomic mass is 10.0. The van der Waals surface area contributed by atoms with E-state index in [0.29, 0.717) is 26.0 Å². The summed E-state index contributed by atoms with van der Waals surface area (Å²) in [5, 5.41) is 0. The van der Waals surface area contributed by atoms with Crippen LogP contribution in [0.25, 0.3) is 0 Å². The first kappa shape index (κ1) is 53.6. The van der Waals surface area contributed by atoms with Crippen LogP contribution in [0.4, 0.5) is 5.82 Å². The number of unbranched alkanes of at least 4 members (excludes halogenated alkanes) is 24. The van der Waals surface area contributed by atoms with E-state index in [1.165, 1.54) is 109 Å². The zero-order valence-electron chi connectivity index (χ0n) is 38.3. The molecule has 0 saturated carbocycles. The van der Waals surface area contributed by atoms with E-state index in [-0.39, 0.29) is 29.6 Å². The molecule has 0 aliphatic carbocycles. The van der Waals surface area contributed by atoms with E-state index in [9.17, 15) is 14.4 Å². The summed E-state index contributed by atoms with van der Waals surface area (Å²) in [5.74, 6) is 0.220. The van der Waals surface area contributed by atoms with Crippen molar-refractivity contribution < 1.29 is 19.1 Å². The molecule has 1 aromatic rings. The summed E-state index contributed by atoms with van der Waals surface area (Å²) >= 11 is 0. The van der Waals surface area contributed by atoms with Gasteiger partial charge in [-0.1, -0.05) is 162 Å². The average Bonchev–Trinajstić information content (AvgIpc) is 3.21. The largest absolute Gasteiger partial charge is 0.466 e. The highest BCUT2D eigenvalue weighted by Gasteiger charge is 2.14. The Balaban J connectivity index is 2.35. The van der Waals surface area contributed by atoms with Gasteiger partial charge in [0.25, 0.3) is 0 Å². The predicted octanol–water partition coefficient (Wildman–Crippen LogP) is 12.9. The molecule has 2 N–H and O–H groups in total. The van der Waals surface area contributed by atoms with Gasteiger partial charge in [-0.15, -0.1) is 0 Å². The zero-order valence-corrected chi connectivity index (χ0v) is 38.3. The van der Waals surface area contributed by atoms with Gasteiger partial charge in [0.1, 0.15) is 11.9 Å². The maximum atomic E-state index is 12.8. The van der Waals surface area contributed by atoms with Crippen LogP contribution in [-0.2, 0) is 25.6 Å². The van der Waals surface area contributed by atoms with E-state index in [0.717, 1.165) is 116 Å². The molecule has 0 aliphatic heterocycles. The van der Waals surface area contributed by atoms with Crippen molar-refractivity contribution in [3.05, 3.63) is 22.7 Å². The number of anilines is 1. The molecule has 0 fully saturated rings. The maximum absolute atomic E-state index is 12.8. The van der Waals surface area contributed by atoms with Gasteiger partial charge < -0.3 is 20.1 Å². The topological polar surface area (TPSA) is 117 Å². The highest BCUT2D eigenvalue weighted by atomic mass is 16.5. The van der Waals surface area contributed by atoms with Crippen molar-refractivity contribution in [1.29, 1.82) is 0 Å². The number of carbonyl (C=O) groups excluding carboxylic acids is 2. The van der Waals surface area contributed by atoms with Crippen LogP contribution in [-0.4, -0.2) is 58.7 Å². The Hall–Kier alpha value is -2.42. The first-order valence-corrected chi connectivity index (χ1v) is 24.8. The molecular weight excluding hydrogens is 725 g/mol. The monoisotopic (exact) mass is 817 g/mol. The molecule has 1 heterocycles. The van der Waals surface area contributed by atoms with Gasteiger partial charge >= 0.3 is 17.6 Å². The summed E-state index contributed by atoms with van der Waals surface area (Å²) in [6.07, 6.45) is 40.5. The fraction of sp³-hybridized carbons (Fsp3) is 0.878. The van der Waals surface area contributed by atoms with E-state index < -0.39 is 0 Å². The minimum atomic E-state index is -0.289. The quantitative estimate of drug-likeness (QED) is 0.0511. The van der Waals surface area contributed by atoms with E-state index in [4.69, 9.17) is 15.2 Å². The number of esters is 2. The van der Waals surface area contributed by atoms with Crippen molar-refractivity contribution in [2.24, 2.45) is 0 Å². The molecule has 0 unspecified atom stereocenters. The minimum absolute atomic E-state index is 0.00212. The van der Waals surface area contributed by atoms with Crippen molar-refractivity contribution in [2.75, 3.05) is 32.0 Å². The Morgan fingerprint density at radius 3 is 1.53 bits per heavy atom. The van der Waals surface area contributed by atoms with Crippen molar-refractivity contribution in [3.63, 3.8) is 0 Å². The number of nitrogen functional groups attached to an aromatic ring is 1. The lowest BCUT2D eigenvalue weighted by molar-refractivity contribution is -0.150. The number of nitrogens with two attached hydrogens (primary N) is 1. The van der Waals surface area contributed by atoms with Crippen LogP contribution < -0.4 is 11.4 Å². The number of nitrogens with zero attached hydrogens (tertiary/aromatic N) is 3. The second kappa shape index (κ2) is 40.0. The first-order chi connectivity index (χ1) is 28.4. The summed E-state index contributed by atoms with van der Waals surface area (Å²) in [4.78, 5) is 43.6. The molecular formula is C49H92N4O5. The van der Waals surface area contributed by atoms with Gasteiger partial charge in [-0.3, -0.25) is 14.2 Å². The molecule has 1 aromatic heterocycles. The van der Waals surface area contributed by atoms with Gasteiger partial charge in [0.2, 0.25) is 0 Å². The SMILES string of the molecule is CCCCCCCCCOC(=O)CCCCCCCN(CCCCCCCC(=O)OC(CCCCCCCC)CCCCCCCC)CCCn1ccc(N)nc1=O. The Labute approximate surface area is 356 Å². The maximum Gasteiger partial charge on any atom is 0.349 e. The molecule has 0 amide bonds. The third-order valence-corrected chi connectivity index (χ3v) is 11.5. The molecule has 338 valence electrons. The molecule has 0 bridgehead atoms. The number of hydrogen-bond acceptors (Lipinski definition) is 8. The van der Waals surface area contributed by atoms with Crippen LogP contribution in [0, 0.1) is 0 Å². The van der Waals surface area contributed by atoms with E-state index in [1.54, 1.807) is 16.8 Å². The van der Waals surface area contributed by atoms with Gasteiger partial charge in [-0.2, -0.15) is 4.98 Å². The van der Waals surface area contributed by atoms with E-state index >= 15 is 0 Å². The summed E-state index contributed by atoms with van der Waals surface area (Å²) in [6, 6.07) is 1.68. The molecule has 9 nitrogen and oxygen atoms in total. The lowest BCUT2D eigenvalue weighted by Crippen LogP contribution is -2.30. The fourth-order valence-electron chi connectivity index (χ4n) is 7.81. The van der Waals surface area contributed by atoms with Gasteiger partial charge in [0, 0.05) is 25.6 Å². The standard InChI is InChI=1S/C49H92N4O5/c1-4-7-10-13-16-25-32-44-57-47(54)36-28-21-17-23-30-39-52(41-33-42-53-43-38-46(50)51-49(53)56)40-31-24-18-22-29-37-48(55)58-45(34-26-19-14-11-8-5-2)35-27-20-15-12-9-6-3/h38,43,45H,4-37,39-42,44H2,1-3H3,(H2,50,51,56). The molecule has 0 radical (unpaired) electrons. The first-order valence-electron chi connectivity index (χ1n) is 24.8. The number of ether oxygens (including phenoxy) is 2. The van der Waals surface area contributed by atoms with E-state index in [1.807, 2.05) is 0 Å². The third-order valence-electron chi connectivity index (χ3n) is 11.5. The molecule has 58 heavy (non-hydrogen) atoms. The van der Waals surface area contributed by atoms with Crippen molar-refractivity contribution >= 4 is 17.8 Å². The van der Waals surface area contributed by atoms with Gasteiger partial charge in [-0.05, 0) is 89.9 Å². The second-order valence-corrected chi connectivity index (χ2v) is 17.1. The zero-order chi connectivity index (χ0) is 42.2. The molecule has 9 heteroatoms. The Morgan fingerprint density at radius 2 is 1.02 bits per heavy atom. The highest BCUT2D eigenvalue weighted by molar-refractivity contribution is 5.69. The smallest absolute Gasteiger partial charge is 0.349 e. The molecule has 0 spiro atoms. The van der Waals surface area contributed by atoms with Crippen LogP contribution in [0.1, 0.15) is 239 Å². The Bertz CT molecular complexity index is 1130. The molecule has 0 aliphatic rings. The highest BCUT2D eigenvalue weighted by Crippen LogP contribution is 2.19. The van der Waals surface area contributed by atoms with Crippen molar-refractivity contribution in [3.8, 4) is 0 Å². The van der Waals surface area contributed by atoms with Crippen LogP contribution in [0.3, 0.4) is 0 Å². The molecule has 0 aromatic carbocycles. The third kappa shape index (κ3) is 33.4. The van der Waals surface area contributed by atoms with Gasteiger partial charge in [-0.25, -0.2) is 4.79 Å². The normalized spacial score (nSPS) is 11.5. The van der Waals surface area contributed by atoms with Gasteiger partial charge in [0.05, 0.1) is 6.61 Å². The Morgan fingerprint density at radius 1 is 0.586 bits per heavy atom. The molecule has 1 rings (SSSR count). The summed E-state index contributed by atoms with van der Waals surface area (Å²) in [7, 11) is 0. The van der Waals surface area contributed by atoms with Crippen molar-refractivity contribution in [1.82, 2.24) is 14.5 Å². The van der Waals surface area contributed by atoms with Gasteiger partial charge in [0.15, 0.2) is 0 Å². The Kier molecular flexibility index (Phi) is 37.0. The number of aromatic nitrogens is 2. The summed E-state index contributed by atoms with van der Waals surface area (Å²) in [5.41, 5.74) is 5.39. The average molecular weight is 817 g/mol. The number of rotatable bonds is 43. The van der Waals surface area contributed by atoms with Crippen molar-refractivity contribution in [2.45, 2.75) is 252 Å².